The molecule has 1 aromatic heterocycles. The SMILES string of the molecule is C[C@H](NC(=O)c1c(CN2CCC(N3CCCCC3)CC2)c(-c2ccc(Cl)c(Cl)c2)nc2ccc(S(C)(=O)=O)cc12)c1ccccc1. The smallest absolute Gasteiger partial charge is 0.252 e. The summed E-state index contributed by atoms with van der Waals surface area (Å²) in [6.45, 7) is 6.57. The van der Waals surface area contributed by atoms with Gasteiger partial charge in [0.25, 0.3) is 5.91 Å². The van der Waals surface area contributed by atoms with Crippen LogP contribution in [0, 0.1) is 0 Å². The van der Waals surface area contributed by atoms with Gasteiger partial charge in [-0.1, -0.05) is 66.0 Å². The van der Waals surface area contributed by atoms with E-state index in [9.17, 15) is 13.2 Å². The predicted molar refractivity (Wildman–Crippen MR) is 186 cm³/mol. The highest BCUT2D eigenvalue weighted by Crippen LogP contribution is 2.36. The predicted octanol–water partition coefficient (Wildman–Crippen LogP) is 7.55. The average Bonchev–Trinajstić information content (AvgIpc) is 3.06. The van der Waals surface area contributed by atoms with Crippen molar-refractivity contribution in [2.45, 2.75) is 62.6 Å². The number of benzene rings is 3. The van der Waals surface area contributed by atoms with Crippen molar-refractivity contribution in [1.82, 2.24) is 20.1 Å². The minimum Gasteiger partial charge on any atom is -0.345 e. The number of aromatic nitrogens is 1. The first-order chi connectivity index (χ1) is 22.1. The Morgan fingerprint density at radius 2 is 1.65 bits per heavy atom. The van der Waals surface area contributed by atoms with Crippen molar-refractivity contribution in [3.8, 4) is 11.3 Å². The van der Waals surface area contributed by atoms with E-state index < -0.39 is 9.84 Å². The minimum absolute atomic E-state index is 0.141. The van der Waals surface area contributed by atoms with Gasteiger partial charge in [-0.15, -0.1) is 0 Å². The highest BCUT2D eigenvalue weighted by molar-refractivity contribution is 7.90. The Labute approximate surface area is 281 Å². The molecule has 1 N–H and O–H groups in total. The number of hydrogen-bond donors (Lipinski definition) is 1. The number of sulfone groups is 1. The summed E-state index contributed by atoms with van der Waals surface area (Å²) in [5, 5.41) is 4.53. The number of hydrogen-bond acceptors (Lipinski definition) is 6. The molecule has 1 amide bonds. The molecule has 46 heavy (non-hydrogen) atoms. The van der Waals surface area contributed by atoms with E-state index in [4.69, 9.17) is 28.2 Å². The molecule has 3 aromatic carbocycles. The number of likely N-dealkylation sites (tertiary alicyclic amines) is 2. The zero-order chi connectivity index (χ0) is 32.4. The Morgan fingerprint density at radius 1 is 0.935 bits per heavy atom. The van der Waals surface area contributed by atoms with E-state index in [0.29, 0.717) is 44.8 Å². The molecule has 3 heterocycles. The van der Waals surface area contributed by atoms with Crippen molar-refractivity contribution in [1.29, 1.82) is 0 Å². The van der Waals surface area contributed by atoms with Crippen LogP contribution in [0.4, 0.5) is 0 Å². The number of amides is 1. The van der Waals surface area contributed by atoms with Crippen LogP contribution in [-0.4, -0.2) is 67.6 Å². The second-order valence-electron chi connectivity index (χ2n) is 12.6. The molecule has 4 aromatic rings. The first kappa shape index (κ1) is 32.9. The van der Waals surface area contributed by atoms with Crippen LogP contribution in [0.5, 0.6) is 0 Å². The molecular formula is C36H40Cl2N4O3S. The van der Waals surface area contributed by atoms with Gasteiger partial charge in [0.05, 0.1) is 37.8 Å². The van der Waals surface area contributed by atoms with Crippen LogP contribution in [0.1, 0.15) is 66.6 Å². The molecule has 1 atom stereocenters. The summed E-state index contributed by atoms with van der Waals surface area (Å²) in [5.41, 5.74) is 4.04. The van der Waals surface area contributed by atoms with Crippen LogP contribution < -0.4 is 5.32 Å². The Kier molecular flexibility index (Phi) is 10.0. The lowest BCUT2D eigenvalue weighted by Gasteiger charge is -2.40. The van der Waals surface area contributed by atoms with Crippen molar-refractivity contribution in [2.75, 3.05) is 32.4 Å². The maximum absolute atomic E-state index is 14.5. The largest absolute Gasteiger partial charge is 0.345 e. The molecule has 0 unspecified atom stereocenters. The van der Waals surface area contributed by atoms with Crippen molar-refractivity contribution >= 4 is 49.8 Å². The molecule has 0 bridgehead atoms. The highest BCUT2D eigenvalue weighted by Gasteiger charge is 2.29. The normalized spacial score (nSPS) is 17.7. The molecule has 7 nitrogen and oxygen atoms in total. The van der Waals surface area contributed by atoms with Crippen molar-refractivity contribution in [3.05, 3.63) is 93.5 Å². The fourth-order valence-electron chi connectivity index (χ4n) is 6.85. The number of halogens is 2. The lowest BCUT2D eigenvalue weighted by molar-refractivity contribution is 0.0883. The summed E-state index contributed by atoms with van der Waals surface area (Å²) in [6.07, 6.45) is 7.16. The lowest BCUT2D eigenvalue weighted by Crippen LogP contribution is -2.46. The van der Waals surface area contributed by atoms with Crippen molar-refractivity contribution in [3.63, 3.8) is 0 Å². The third-order valence-electron chi connectivity index (χ3n) is 9.40. The summed E-state index contributed by atoms with van der Waals surface area (Å²) in [4.78, 5) is 24.7. The number of piperidine rings is 2. The molecule has 2 aliphatic rings. The topological polar surface area (TPSA) is 82.6 Å². The van der Waals surface area contributed by atoms with Crippen LogP contribution in [-0.2, 0) is 16.4 Å². The van der Waals surface area contributed by atoms with Gasteiger partial charge in [0.15, 0.2) is 9.84 Å². The second kappa shape index (κ2) is 14.0. The molecule has 0 radical (unpaired) electrons. The van der Waals surface area contributed by atoms with Crippen LogP contribution in [0.3, 0.4) is 0 Å². The number of fused-ring (bicyclic) bond motifs is 1. The fraction of sp³-hybridized carbons (Fsp3) is 0.389. The van der Waals surface area contributed by atoms with Crippen LogP contribution in [0.25, 0.3) is 22.2 Å². The van der Waals surface area contributed by atoms with Crippen LogP contribution in [0.15, 0.2) is 71.6 Å². The van der Waals surface area contributed by atoms with Crippen LogP contribution >= 0.6 is 23.2 Å². The number of rotatable bonds is 8. The van der Waals surface area contributed by atoms with Gasteiger partial charge in [-0.2, -0.15) is 0 Å². The fourth-order valence-corrected chi connectivity index (χ4v) is 7.80. The second-order valence-corrected chi connectivity index (χ2v) is 15.4. The van der Waals surface area contributed by atoms with E-state index in [0.717, 1.165) is 42.6 Å². The molecule has 0 aliphatic carbocycles. The monoisotopic (exact) mass is 678 g/mol. The number of nitrogens with one attached hydrogen (secondary N) is 1. The summed E-state index contributed by atoms with van der Waals surface area (Å²) in [5.74, 6) is -0.283. The summed E-state index contributed by atoms with van der Waals surface area (Å²) in [7, 11) is -3.54. The summed E-state index contributed by atoms with van der Waals surface area (Å²) < 4.78 is 25.4. The first-order valence-corrected chi connectivity index (χ1v) is 18.7. The van der Waals surface area contributed by atoms with Gasteiger partial charge in [-0.25, -0.2) is 13.4 Å². The third-order valence-corrected chi connectivity index (χ3v) is 11.2. The van der Waals surface area contributed by atoms with Gasteiger partial charge in [-0.3, -0.25) is 9.69 Å². The number of carbonyl (C=O) groups is 1. The highest BCUT2D eigenvalue weighted by atomic mass is 35.5. The molecule has 10 heteroatoms. The van der Waals surface area contributed by atoms with E-state index in [1.807, 2.05) is 43.3 Å². The number of pyridine rings is 1. The molecule has 2 saturated heterocycles. The van der Waals surface area contributed by atoms with Gasteiger partial charge < -0.3 is 10.2 Å². The van der Waals surface area contributed by atoms with Crippen molar-refractivity contribution in [2.24, 2.45) is 0 Å². The quantitative estimate of drug-likeness (QED) is 0.207. The average molecular weight is 680 g/mol. The van der Waals surface area contributed by atoms with Crippen LogP contribution in [0.2, 0.25) is 10.0 Å². The van der Waals surface area contributed by atoms with Gasteiger partial charge in [0.1, 0.15) is 0 Å². The Morgan fingerprint density at radius 3 is 2.33 bits per heavy atom. The molecule has 242 valence electrons. The third kappa shape index (κ3) is 7.26. The first-order valence-electron chi connectivity index (χ1n) is 16.0. The zero-order valence-corrected chi connectivity index (χ0v) is 28.6. The summed E-state index contributed by atoms with van der Waals surface area (Å²) >= 11 is 12.8. The molecule has 0 saturated carbocycles. The molecular weight excluding hydrogens is 639 g/mol. The van der Waals surface area contributed by atoms with E-state index in [2.05, 4.69) is 15.1 Å². The number of nitrogens with zero attached hydrogens (tertiary/aromatic N) is 3. The molecule has 2 fully saturated rings. The molecule has 0 spiro atoms. The van der Waals surface area contributed by atoms with Gasteiger partial charge >= 0.3 is 0 Å². The molecule has 2 aliphatic heterocycles. The maximum Gasteiger partial charge on any atom is 0.252 e. The Balaban J connectivity index is 1.46. The standard InChI is InChI=1S/C36H40Cl2N4O3S/c1-24(25-9-5-3-6-10-25)39-36(43)34-29-22-28(46(2,44)45)12-14-33(29)40-35(26-11-13-31(37)32(38)21-26)30(34)23-41-19-15-27(16-20-41)42-17-7-4-8-18-42/h3,5-6,9-14,21-22,24,27H,4,7-8,15-20,23H2,1-2H3,(H,39,43)/t24-/m0/s1. The Hall–Kier alpha value is -3.01. The van der Waals surface area contributed by atoms with Gasteiger partial charge in [0, 0.05) is 35.4 Å². The zero-order valence-electron chi connectivity index (χ0n) is 26.3. The van der Waals surface area contributed by atoms with E-state index in [-0.39, 0.29) is 16.8 Å². The lowest BCUT2D eigenvalue weighted by atomic mass is 9.94. The summed E-state index contributed by atoms with van der Waals surface area (Å²) in [6, 6.07) is 20.3. The van der Waals surface area contributed by atoms with E-state index in [1.54, 1.807) is 30.3 Å². The minimum atomic E-state index is -3.54. The Bertz CT molecular complexity index is 1840. The van der Waals surface area contributed by atoms with Gasteiger partial charge in [0.2, 0.25) is 0 Å². The maximum atomic E-state index is 14.5. The molecule has 6 rings (SSSR count). The van der Waals surface area contributed by atoms with E-state index in [1.165, 1.54) is 38.6 Å². The van der Waals surface area contributed by atoms with Crippen molar-refractivity contribution < 1.29 is 13.2 Å². The van der Waals surface area contributed by atoms with Gasteiger partial charge in [-0.05, 0) is 94.7 Å². The number of carbonyl (C=O) groups excluding carboxylic acids is 1. The van der Waals surface area contributed by atoms with E-state index >= 15 is 0 Å².